The summed E-state index contributed by atoms with van der Waals surface area (Å²) in [7, 11) is 0. The monoisotopic (exact) mass is 288 g/mol. The molecule has 0 atom stereocenters. The van der Waals surface area contributed by atoms with Crippen LogP contribution in [-0.2, 0) is 12.8 Å². The summed E-state index contributed by atoms with van der Waals surface area (Å²) in [6.45, 7) is 6.01. The number of rotatable bonds is 5. The predicted molar refractivity (Wildman–Crippen MR) is 93.9 cm³/mol. The van der Waals surface area contributed by atoms with Gasteiger partial charge in [-0.2, -0.15) is 0 Å². The Balaban J connectivity index is 1.97. The highest BCUT2D eigenvalue weighted by Crippen LogP contribution is 2.29. The highest BCUT2D eigenvalue weighted by atomic mass is 16.3. The van der Waals surface area contributed by atoms with Gasteiger partial charge < -0.3 is 4.42 Å². The maximum Gasteiger partial charge on any atom is 0.134 e. The number of fused-ring (bicyclic) bond motifs is 1. The van der Waals surface area contributed by atoms with Crippen molar-refractivity contribution in [3.8, 4) is 0 Å². The highest BCUT2D eigenvalue weighted by molar-refractivity contribution is 5.82. The molecule has 0 saturated heterocycles. The van der Waals surface area contributed by atoms with E-state index in [1.807, 2.05) is 24.3 Å². The molecule has 0 aliphatic rings. The molecule has 1 aromatic heterocycles. The zero-order valence-electron chi connectivity index (χ0n) is 12.9. The first-order valence-electron chi connectivity index (χ1n) is 7.60. The Morgan fingerprint density at radius 2 is 1.77 bits per heavy atom. The molecule has 2 aromatic carbocycles. The van der Waals surface area contributed by atoms with Crippen LogP contribution in [0.1, 0.15) is 23.8 Å². The molecule has 1 heterocycles. The molecule has 0 aliphatic carbocycles. The number of furan rings is 1. The molecule has 0 N–H and O–H groups in total. The fraction of sp³-hybridized carbons (Fsp3) is 0.143. The van der Waals surface area contributed by atoms with Crippen LogP contribution < -0.4 is 0 Å². The zero-order chi connectivity index (χ0) is 15.4. The Morgan fingerprint density at radius 1 is 1.05 bits per heavy atom. The van der Waals surface area contributed by atoms with Crippen molar-refractivity contribution < 1.29 is 4.42 Å². The standard InChI is InChI=1S/C21H20O/c1-3-9-20-19(18-12-7-8-13-21(18)22-20)15-16(2)14-17-10-5-4-6-11-17/h3-8,10-14H,1,9,15H2,2H3/b16-14+. The van der Waals surface area contributed by atoms with Crippen LogP contribution in [0.3, 0.4) is 0 Å². The van der Waals surface area contributed by atoms with Gasteiger partial charge >= 0.3 is 0 Å². The predicted octanol–water partition coefficient (Wildman–Crippen LogP) is 5.81. The Bertz CT molecular complexity index is 806. The smallest absolute Gasteiger partial charge is 0.134 e. The Morgan fingerprint density at radius 3 is 2.55 bits per heavy atom. The summed E-state index contributed by atoms with van der Waals surface area (Å²) in [6.07, 6.45) is 5.80. The van der Waals surface area contributed by atoms with Crippen molar-refractivity contribution in [2.75, 3.05) is 0 Å². The van der Waals surface area contributed by atoms with Gasteiger partial charge in [0.25, 0.3) is 0 Å². The Hall–Kier alpha value is -2.54. The van der Waals surface area contributed by atoms with Gasteiger partial charge in [0.15, 0.2) is 0 Å². The Labute approximate surface area is 131 Å². The van der Waals surface area contributed by atoms with Gasteiger partial charge in [0.05, 0.1) is 0 Å². The Kier molecular flexibility index (Phi) is 4.24. The summed E-state index contributed by atoms with van der Waals surface area (Å²) >= 11 is 0. The van der Waals surface area contributed by atoms with E-state index in [9.17, 15) is 0 Å². The fourth-order valence-corrected chi connectivity index (χ4v) is 2.80. The lowest BCUT2D eigenvalue weighted by Crippen LogP contribution is -1.91. The average Bonchev–Trinajstić information content (AvgIpc) is 2.86. The highest BCUT2D eigenvalue weighted by Gasteiger charge is 2.13. The van der Waals surface area contributed by atoms with Crippen molar-refractivity contribution in [1.82, 2.24) is 0 Å². The van der Waals surface area contributed by atoms with Gasteiger partial charge in [-0.15, -0.1) is 6.58 Å². The van der Waals surface area contributed by atoms with Crippen LogP contribution in [0, 0.1) is 0 Å². The summed E-state index contributed by atoms with van der Waals surface area (Å²) < 4.78 is 5.99. The van der Waals surface area contributed by atoms with Crippen molar-refractivity contribution in [1.29, 1.82) is 0 Å². The number of hydrogen-bond donors (Lipinski definition) is 0. The second-order valence-electron chi connectivity index (χ2n) is 5.57. The molecule has 0 unspecified atom stereocenters. The van der Waals surface area contributed by atoms with E-state index in [-0.39, 0.29) is 0 Å². The van der Waals surface area contributed by atoms with Crippen LogP contribution in [0.15, 0.2) is 77.2 Å². The molecule has 0 aliphatic heterocycles. The van der Waals surface area contributed by atoms with Gasteiger partial charge in [-0.3, -0.25) is 0 Å². The van der Waals surface area contributed by atoms with E-state index < -0.39 is 0 Å². The lowest BCUT2D eigenvalue weighted by Gasteiger charge is -2.03. The normalized spacial score (nSPS) is 11.8. The maximum atomic E-state index is 5.99. The van der Waals surface area contributed by atoms with E-state index in [1.54, 1.807) is 0 Å². The first-order valence-corrected chi connectivity index (χ1v) is 7.60. The summed E-state index contributed by atoms with van der Waals surface area (Å²) in [5.74, 6) is 1.03. The van der Waals surface area contributed by atoms with Crippen molar-refractivity contribution in [3.63, 3.8) is 0 Å². The van der Waals surface area contributed by atoms with Crippen molar-refractivity contribution in [2.45, 2.75) is 19.8 Å². The first kappa shape index (κ1) is 14.4. The minimum Gasteiger partial charge on any atom is -0.460 e. The molecular formula is C21H20O. The minimum atomic E-state index is 0.766. The van der Waals surface area contributed by atoms with Crippen LogP contribution in [0.25, 0.3) is 17.0 Å². The third-order valence-corrected chi connectivity index (χ3v) is 3.78. The van der Waals surface area contributed by atoms with Gasteiger partial charge in [-0.1, -0.05) is 66.3 Å². The van der Waals surface area contributed by atoms with Crippen molar-refractivity contribution in [3.05, 3.63) is 89.7 Å². The van der Waals surface area contributed by atoms with E-state index in [0.717, 1.165) is 24.2 Å². The molecule has 3 aromatic rings. The number of para-hydroxylation sites is 1. The molecule has 0 amide bonds. The van der Waals surface area contributed by atoms with Crippen LogP contribution in [0.5, 0.6) is 0 Å². The van der Waals surface area contributed by atoms with Crippen LogP contribution in [0.2, 0.25) is 0 Å². The quantitative estimate of drug-likeness (QED) is 0.540. The maximum absolute atomic E-state index is 5.99. The third-order valence-electron chi connectivity index (χ3n) is 3.78. The summed E-state index contributed by atoms with van der Waals surface area (Å²) in [5, 5.41) is 1.21. The number of allylic oxidation sites excluding steroid dienone is 2. The number of benzene rings is 2. The largest absolute Gasteiger partial charge is 0.460 e. The molecular weight excluding hydrogens is 268 g/mol. The fourth-order valence-electron chi connectivity index (χ4n) is 2.80. The van der Waals surface area contributed by atoms with Gasteiger partial charge in [-0.25, -0.2) is 0 Å². The SMILES string of the molecule is C=CCc1oc2ccccc2c1C/C(C)=C/c1ccccc1. The van der Waals surface area contributed by atoms with Crippen molar-refractivity contribution >= 4 is 17.0 Å². The van der Waals surface area contributed by atoms with Gasteiger partial charge in [0, 0.05) is 17.4 Å². The van der Waals surface area contributed by atoms with Gasteiger partial charge in [0.2, 0.25) is 0 Å². The summed E-state index contributed by atoms with van der Waals surface area (Å²) in [6, 6.07) is 18.7. The molecule has 0 bridgehead atoms. The molecule has 3 rings (SSSR count). The van der Waals surface area contributed by atoms with E-state index >= 15 is 0 Å². The molecule has 0 radical (unpaired) electrons. The molecule has 0 spiro atoms. The molecule has 110 valence electrons. The van der Waals surface area contributed by atoms with Crippen molar-refractivity contribution in [2.24, 2.45) is 0 Å². The van der Waals surface area contributed by atoms with Crippen LogP contribution in [-0.4, -0.2) is 0 Å². The lowest BCUT2D eigenvalue weighted by atomic mass is 10.00. The first-order chi connectivity index (χ1) is 10.8. The molecule has 0 saturated carbocycles. The van der Waals surface area contributed by atoms with Crippen LogP contribution in [0.4, 0.5) is 0 Å². The topological polar surface area (TPSA) is 13.1 Å². The third kappa shape index (κ3) is 3.04. The van der Waals surface area contributed by atoms with E-state index in [2.05, 4.69) is 56.0 Å². The average molecular weight is 288 g/mol. The van der Waals surface area contributed by atoms with Gasteiger partial charge in [-0.05, 0) is 25.0 Å². The second kappa shape index (κ2) is 6.48. The van der Waals surface area contributed by atoms with E-state index in [0.29, 0.717) is 0 Å². The lowest BCUT2D eigenvalue weighted by molar-refractivity contribution is 0.560. The number of hydrogen-bond acceptors (Lipinski definition) is 1. The van der Waals surface area contributed by atoms with E-state index in [4.69, 9.17) is 4.42 Å². The molecule has 1 heteroatoms. The molecule has 1 nitrogen and oxygen atoms in total. The molecule has 0 fully saturated rings. The zero-order valence-corrected chi connectivity index (χ0v) is 12.9. The summed E-state index contributed by atoms with van der Waals surface area (Å²) in [5.41, 5.74) is 4.79. The van der Waals surface area contributed by atoms with Gasteiger partial charge in [0.1, 0.15) is 11.3 Å². The van der Waals surface area contributed by atoms with E-state index in [1.165, 1.54) is 22.1 Å². The second-order valence-corrected chi connectivity index (χ2v) is 5.57. The molecule has 22 heavy (non-hydrogen) atoms. The van der Waals surface area contributed by atoms with Crippen LogP contribution >= 0.6 is 0 Å². The summed E-state index contributed by atoms with van der Waals surface area (Å²) in [4.78, 5) is 0. The minimum absolute atomic E-state index is 0.766.